The Balaban J connectivity index is 1.57. The van der Waals surface area contributed by atoms with Gasteiger partial charge in [0.1, 0.15) is 18.3 Å². The van der Waals surface area contributed by atoms with Crippen LogP contribution < -0.4 is 0 Å². The third kappa shape index (κ3) is 4.52. The standard InChI is InChI=1S/C24H36O6/c25-21(28-17-9-1-2-10-17)20-15-7-8-16-24(20,22(26)29-18-11-3-4-12-18)23(27)30-19-13-5-6-14-19/h17-20H,1-16H2. The molecule has 4 saturated carbocycles. The smallest absolute Gasteiger partial charge is 0.324 e. The van der Waals surface area contributed by atoms with E-state index in [4.69, 9.17) is 14.2 Å². The highest BCUT2D eigenvalue weighted by Crippen LogP contribution is 2.46. The third-order valence-electron chi connectivity index (χ3n) is 7.66. The third-order valence-corrected chi connectivity index (χ3v) is 7.66. The van der Waals surface area contributed by atoms with Crippen LogP contribution in [0.15, 0.2) is 0 Å². The van der Waals surface area contributed by atoms with Gasteiger partial charge in [0.05, 0.1) is 5.92 Å². The first kappa shape index (κ1) is 21.6. The number of esters is 3. The number of rotatable bonds is 6. The second-order valence-electron chi connectivity index (χ2n) is 9.74. The molecule has 4 rings (SSSR count). The molecule has 0 spiro atoms. The predicted molar refractivity (Wildman–Crippen MR) is 109 cm³/mol. The molecule has 0 aromatic carbocycles. The normalized spacial score (nSPS) is 27.8. The maximum absolute atomic E-state index is 13.5. The van der Waals surface area contributed by atoms with Crippen molar-refractivity contribution in [1.29, 1.82) is 0 Å². The lowest BCUT2D eigenvalue weighted by Gasteiger charge is -2.39. The minimum Gasteiger partial charge on any atom is -0.462 e. The molecule has 6 heteroatoms. The molecule has 4 aliphatic rings. The molecular weight excluding hydrogens is 384 g/mol. The molecule has 168 valence electrons. The Hall–Kier alpha value is -1.59. The average molecular weight is 421 g/mol. The van der Waals surface area contributed by atoms with Gasteiger partial charge in [0.2, 0.25) is 0 Å². The first-order valence-corrected chi connectivity index (χ1v) is 12.2. The summed E-state index contributed by atoms with van der Waals surface area (Å²) in [6, 6.07) is 0. The quantitative estimate of drug-likeness (QED) is 0.354. The van der Waals surface area contributed by atoms with Gasteiger partial charge in [0.25, 0.3) is 0 Å². The fourth-order valence-electron chi connectivity index (χ4n) is 5.84. The van der Waals surface area contributed by atoms with Crippen molar-refractivity contribution >= 4 is 17.9 Å². The molecular formula is C24H36O6. The zero-order valence-electron chi connectivity index (χ0n) is 18.1. The van der Waals surface area contributed by atoms with E-state index in [9.17, 15) is 14.4 Å². The van der Waals surface area contributed by atoms with Crippen molar-refractivity contribution in [3.8, 4) is 0 Å². The van der Waals surface area contributed by atoms with E-state index in [2.05, 4.69) is 0 Å². The van der Waals surface area contributed by atoms with Crippen molar-refractivity contribution in [3.63, 3.8) is 0 Å². The molecule has 0 aromatic rings. The Labute approximate surface area is 179 Å². The molecule has 0 heterocycles. The van der Waals surface area contributed by atoms with Gasteiger partial charge >= 0.3 is 17.9 Å². The molecule has 4 aliphatic carbocycles. The summed E-state index contributed by atoms with van der Waals surface area (Å²) in [4.78, 5) is 40.2. The highest BCUT2D eigenvalue weighted by molar-refractivity contribution is 6.04. The maximum atomic E-state index is 13.5. The summed E-state index contributed by atoms with van der Waals surface area (Å²) >= 11 is 0. The van der Waals surface area contributed by atoms with Crippen LogP contribution in [0.3, 0.4) is 0 Å². The van der Waals surface area contributed by atoms with Crippen molar-refractivity contribution < 1.29 is 28.6 Å². The Morgan fingerprint density at radius 1 is 0.533 bits per heavy atom. The van der Waals surface area contributed by atoms with Gasteiger partial charge in [0.15, 0.2) is 5.41 Å². The van der Waals surface area contributed by atoms with Gasteiger partial charge in [-0.2, -0.15) is 0 Å². The molecule has 0 bridgehead atoms. The van der Waals surface area contributed by atoms with Crippen molar-refractivity contribution in [3.05, 3.63) is 0 Å². The first-order chi connectivity index (χ1) is 14.6. The van der Waals surface area contributed by atoms with Crippen LogP contribution >= 0.6 is 0 Å². The van der Waals surface area contributed by atoms with Crippen LogP contribution in [0.4, 0.5) is 0 Å². The summed E-state index contributed by atoms with van der Waals surface area (Å²) in [5.41, 5.74) is -1.54. The second kappa shape index (κ2) is 9.69. The lowest BCUT2D eigenvalue weighted by molar-refractivity contribution is -0.193. The van der Waals surface area contributed by atoms with Crippen molar-refractivity contribution in [2.75, 3.05) is 0 Å². The largest absolute Gasteiger partial charge is 0.462 e. The van der Waals surface area contributed by atoms with Crippen LogP contribution in [0.1, 0.15) is 103 Å². The van der Waals surface area contributed by atoms with Crippen molar-refractivity contribution in [2.24, 2.45) is 11.3 Å². The zero-order valence-corrected chi connectivity index (χ0v) is 18.1. The van der Waals surface area contributed by atoms with Gasteiger partial charge in [-0.15, -0.1) is 0 Å². The summed E-state index contributed by atoms with van der Waals surface area (Å²) < 4.78 is 17.5. The topological polar surface area (TPSA) is 78.9 Å². The monoisotopic (exact) mass is 420 g/mol. The van der Waals surface area contributed by atoms with Gasteiger partial charge in [0, 0.05) is 0 Å². The maximum Gasteiger partial charge on any atom is 0.324 e. The summed E-state index contributed by atoms with van der Waals surface area (Å²) in [6.45, 7) is 0. The Morgan fingerprint density at radius 3 is 1.40 bits per heavy atom. The minimum absolute atomic E-state index is 0.0890. The highest BCUT2D eigenvalue weighted by Gasteiger charge is 2.60. The zero-order chi connectivity index (χ0) is 21.0. The van der Waals surface area contributed by atoms with E-state index in [1.54, 1.807) is 0 Å². The average Bonchev–Trinajstić information content (AvgIpc) is 3.52. The molecule has 1 unspecified atom stereocenters. The molecule has 0 amide bonds. The predicted octanol–water partition coefficient (Wildman–Crippen LogP) is 4.62. The molecule has 1 atom stereocenters. The molecule has 0 saturated heterocycles. The molecule has 0 N–H and O–H groups in total. The second-order valence-corrected chi connectivity index (χ2v) is 9.74. The van der Waals surface area contributed by atoms with Crippen LogP contribution in [0.5, 0.6) is 0 Å². The van der Waals surface area contributed by atoms with Gasteiger partial charge in [-0.25, -0.2) is 0 Å². The van der Waals surface area contributed by atoms with E-state index < -0.39 is 29.2 Å². The number of carbonyl (C=O) groups is 3. The Morgan fingerprint density at radius 2 is 0.933 bits per heavy atom. The summed E-state index contributed by atoms with van der Waals surface area (Å²) in [5.74, 6) is -2.31. The van der Waals surface area contributed by atoms with E-state index in [-0.39, 0.29) is 18.3 Å². The molecule has 6 nitrogen and oxygen atoms in total. The van der Waals surface area contributed by atoms with Crippen LogP contribution in [0.2, 0.25) is 0 Å². The fourth-order valence-corrected chi connectivity index (χ4v) is 5.84. The van der Waals surface area contributed by atoms with Crippen molar-refractivity contribution in [1.82, 2.24) is 0 Å². The summed E-state index contributed by atoms with van der Waals surface area (Å²) in [7, 11) is 0. The SMILES string of the molecule is O=C(OC1CCCC1)C1CCCCC1(C(=O)OC1CCCC1)C(=O)OC1CCCC1. The van der Waals surface area contributed by atoms with Gasteiger partial charge < -0.3 is 14.2 Å². The fraction of sp³-hybridized carbons (Fsp3) is 0.875. The Bertz CT molecular complexity index is 596. The van der Waals surface area contributed by atoms with Gasteiger partial charge in [-0.3, -0.25) is 14.4 Å². The number of carbonyl (C=O) groups excluding carboxylic acids is 3. The van der Waals surface area contributed by atoms with Gasteiger partial charge in [-0.1, -0.05) is 12.8 Å². The number of hydrogen-bond donors (Lipinski definition) is 0. The van der Waals surface area contributed by atoms with Crippen LogP contribution in [-0.2, 0) is 28.6 Å². The van der Waals surface area contributed by atoms with Gasteiger partial charge in [-0.05, 0) is 89.9 Å². The van der Waals surface area contributed by atoms with E-state index in [0.29, 0.717) is 19.3 Å². The van der Waals surface area contributed by atoms with E-state index in [1.165, 1.54) is 0 Å². The highest BCUT2D eigenvalue weighted by atomic mass is 16.6. The molecule has 0 aliphatic heterocycles. The Kier molecular flexibility index (Phi) is 6.99. The summed E-state index contributed by atoms with van der Waals surface area (Å²) in [6.07, 6.45) is 13.2. The number of hydrogen-bond acceptors (Lipinski definition) is 6. The molecule has 0 radical (unpaired) electrons. The molecule has 4 fully saturated rings. The van der Waals surface area contributed by atoms with E-state index in [0.717, 1.165) is 83.5 Å². The van der Waals surface area contributed by atoms with E-state index in [1.807, 2.05) is 0 Å². The lowest BCUT2D eigenvalue weighted by Crippen LogP contribution is -2.54. The van der Waals surface area contributed by atoms with Crippen LogP contribution in [0.25, 0.3) is 0 Å². The van der Waals surface area contributed by atoms with Crippen LogP contribution in [-0.4, -0.2) is 36.2 Å². The number of ether oxygens (including phenoxy) is 3. The van der Waals surface area contributed by atoms with E-state index >= 15 is 0 Å². The first-order valence-electron chi connectivity index (χ1n) is 12.2. The minimum atomic E-state index is -1.54. The van der Waals surface area contributed by atoms with Crippen molar-refractivity contribution in [2.45, 2.75) is 121 Å². The lowest BCUT2D eigenvalue weighted by atomic mass is 9.66. The molecule has 30 heavy (non-hydrogen) atoms. The summed E-state index contributed by atoms with van der Waals surface area (Å²) in [5, 5.41) is 0. The molecule has 0 aromatic heterocycles. The van der Waals surface area contributed by atoms with Crippen LogP contribution in [0, 0.1) is 11.3 Å².